The molecule has 0 saturated carbocycles. The summed E-state index contributed by atoms with van der Waals surface area (Å²) in [5.41, 5.74) is 7.36. The van der Waals surface area contributed by atoms with Gasteiger partial charge in [0.05, 0.1) is 5.56 Å². The molecule has 1 atom stereocenters. The molecule has 1 aliphatic carbocycles. The van der Waals surface area contributed by atoms with Crippen LogP contribution in [0.5, 0.6) is 0 Å². The number of thiophene rings is 1. The fraction of sp³-hybridized carbons (Fsp3) is 0.562. The number of anilines is 1. The predicted octanol–water partition coefficient (Wildman–Crippen LogP) is 2.83. The number of amides is 2. The zero-order chi connectivity index (χ0) is 17.4. The van der Waals surface area contributed by atoms with E-state index in [0.717, 1.165) is 24.8 Å². The van der Waals surface area contributed by atoms with Crippen molar-refractivity contribution in [3.05, 3.63) is 16.0 Å². The highest BCUT2D eigenvalue weighted by molar-refractivity contribution is 7.80. The Labute approximate surface area is 146 Å². The molecule has 2 amide bonds. The zero-order valence-electron chi connectivity index (χ0n) is 13.9. The molecule has 23 heavy (non-hydrogen) atoms. The van der Waals surface area contributed by atoms with Crippen molar-refractivity contribution < 1.29 is 9.59 Å². The van der Waals surface area contributed by atoms with Gasteiger partial charge in [0.25, 0.3) is 5.91 Å². The monoisotopic (exact) mass is 353 g/mol. The van der Waals surface area contributed by atoms with Gasteiger partial charge in [-0.05, 0) is 48.4 Å². The summed E-state index contributed by atoms with van der Waals surface area (Å²) in [5, 5.41) is 6.28. The van der Waals surface area contributed by atoms with E-state index in [0.29, 0.717) is 16.5 Å². The van der Waals surface area contributed by atoms with Crippen LogP contribution in [0.15, 0.2) is 0 Å². The minimum absolute atomic E-state index is 0.186. The number of carbonyl (C=O) groups excluding carboxylic acids is 2. The number of primary amides is 1. The maximum absolute atomic E-state index is 11.9. The quantitative estimate of drug-likeness (QED) is 0.714. The number of hydrogen-bond acceptors (Lipinski definition) is 4. The van der Waals surface area contributed by atoms with Crippen molar-refractivity contribution in [2.45, 2.75) is 47.0 Å². The first-order valence-electron chi connectivity index (χ1n) is 7.62. The van der Waals surface area contributed by atoms with Gasteiger partial charge in [-0.25, -0.2) is 0 Å². The molecule has 0 unspecified atom stereocenters. The summed E-state index contributed by atoms with van der Waals surface area (Å²) in [5.74, 6) is -0.133. The van der Waals surface area contributed by atoms with Crippen LogP contribution in [0.3, 0.4) is 0 Å². The highest BCUT2D eigenvalue weighted by Crippen LogP contribution is 2.44. The predicted molar refractivity (Wildman–Crippen MR) is 97.8 cm³/mol. The van der Waals surface area contributed by atoms with Crippen LogP contribution in [-0.4, -0.2) is 16.9 Å². The molecule has 0 saturated heterocycles. The number of carbonyl (C=O) groups is 2. The van der Waals surface area contributed by atoms with Crippen LogP contribution < -0.4 is 16.4 Å². The van der Waals surface area contributed by atoms with Gasteiger partial charge in [0.15, 0.2) is 5.11 Å². The molecule has 4 N–H and O–H groups in total. The molecule has 0 aliphatic heterocycles. The van der Waals surface area contributed by atoms with Crippen LogP contribution in [0.25, 0.3) is 0 Å². The largest absolute Gasteiger partial charge is 0.365 e. The van der Waals surface area contributed by atoms with E-state index in [1.165, 1.54) is 23.1 Å². The summed E-state index contributed by atoms with van der Waals surface area (Å²) in [6, 6.07) is 0. The fourth-order valence-electron chi connectivity index (χ4n) is 2.97. The second kappa shape index (κ2) is 6.57. The third kappa shape index (κ3) is 4.09. The van der Waals surface area contributed by atoms with Crippen molar-refractivity contribution in [2.24, 2.45) is 17.1 Å². The van der Waals surface area contributed by atoms with Gasteiger partial charge >= 0.3 is 0 Å². The summed E-state index contributed by atoms with van der Waals surface area (Å²) in [4.78, 5) is 24.2. The Morgan fingerprint density at radius 3 is 2.52 bits per heavy atom. The molecule has 2 rings (SSSR count). The molecule has 1 heterocycles. The Balaban J connectivity index is 2.31. The molecule has 126 valence electrons. The van der Waals surface area contributed by atoms with Gasteiger partial charge in [-0.3, -0.25) is 9.59 Å². The normalized spacial score (nSPS) is 17.3. The van der Waals surface area contributed by atoms with Crippen LogP contribution in [-0.2, 0) is 17.6 Å². The Morgan fingerprint density at radius 1 is 1.35 bits per heavy atom. The summed E-state index contributed by atoms with van der Waals surface area (Å²) in [6.07, 6.45) is 2.84. The van der Waals surface area contributed by atoms with Gasteiger partial charge < -0.3 is 16.4 Å². The van der Waals surface area contributed by atoms with Crippen LogP contribution >= 0.6 is 23.6 Å². The maximum atomic E-state index is 11.9. The van der Waals surface area contributed by atoms with Crippen molar-refractivity contribution in [1.82, 2.24) is 5.32 Å². The van der Waals surface area contributed by atoms with Crippen LogP contribution in [0.2, 0.25) is 0 Å². The van der Waals surface area contributed by atoms with Gasteiger partial charge in [0, 0.05) is 11.8 Å². The molecular formula is C16H23N3O2S2. The zero-order valence-corrected chi connectivity index (χ0v) is 15.5. The van der Waals surface area contributed by atoms with E-state index < -0.39 is 5.91 Å². The van der Waals surface area contributed by atoms with Gasteiger partial charge in [0.2, 0.25) is 5.91 Å². The van der Waals surface area contributed by atoms with E-state index in [1.54, 1.807) is 0 Å². The molecule has 7 heteroatoms. The fourth-order valence-corrected chi connectivity index (χ4v) is 4.62. The highest BCUT2D eigenvalue weighted by Gasteiger charge is 2.33. The lowest BCUT2D eigenvalue weighted by atomic mass is 9.72. The van der Waals surface area contributed by atoms with E-state index in [2.05, 4.69) is 31.4 Å². The molecule has 0 bridgehead atoms. The number of rotatable bonds is 2. The highest BCUT2D eigenvalue weighted by atomic mass is 32.1. The summed E-state index contributed by atoms with van der Waals surface area (Å²) < 4.78 is 0. The third-order valence-electron chi connectivity index (χ3n) is 4.25. The first-order valence-corrected chi connectivity index (χ1v) is 8.85. The summed E-state index contributed by atoms with van der Waals surface area (Å²) >= 11 is 6.61. The van der Waals surface area contributed by atoms with Gasteiger partial charge in [-0.2, -0.15) is 0 Å². The van der Waals surface area contributed by atoms with Gasteiger partial charge in [-0.15, -0.1) is 11.3 Å². The molecular weight excluding hydrogens is 330 g/mol. The number of nitrogens with one attached hydrogen (secondary N) is 2. The van der Waals surface area contributed by atoms with Crippen LogP contribution in [0.1, 0.15) is 54.9 Å². The second-order valence-electron chi connectivity index (χ2n) is 7.01. The van der Waals surface area contributed by atoms with Gasteiger partial charge in [-0.1, -0.05) is 20.8 Å². The molecule has 0 aromatic carbocycles. The SMILES string of the molecule is CC(=O)NC(=S)Nc1sc2c(c1C(N)=O)CC[C@H](C(C)(C)C)C2. The number of fused-ring (bicyclic) bond motifs is 1. The molecule has 1 aliphatic rings. The van der Waals surface area contributed by atoms with Crippen molar-refractivity contribution >= 4 is 45.5 Å². The number of thiocarbonyl (C=S) groups is 1. The molecule has 1 aromatic heterocycles. The molecule has 0 fully saturated rings. The van der Waals surface area contributed by atoms with E-state index in [4.69, 9.17) is 18.0 Å². The maximum Gasteiger partial charge on any atom is 0.251 e. The molecule has 0 spiro atoms. The lowest BCUT2D eigenvalue weighted by molar-refractivity contribution is -0.117. The Kier molecular flexibility index (Phi) is 5.10. The Morgan fingerprint density at radius 2 is 2.00 bits per heavy atom. The van der Waals surface area contributed by atoms with E-state index >= 15 is 0 Å². The van der Waals surface area contributed by atoms with Crippen molar-refractivity contribution in [3.63, 3.8) is 0 Å². The van der Waals surface area contributed by atoms with Crippen molar-refractivity contribution in [1.29, 1.82) is 0 Å². The first-order chi connectivity index (χ1) is 10.6. The first kappa shape index (κ1) is 17.9. The second-order valence-corrected chi connectivity index (χ2v) is 8.53. The van der Waals surface area contributed by atoms with Crippen molar-refractivity contribution in [3.8, 4) is 0 Å². The van der Waals surface area contributed by atoms with E-state index in [9.17, 15) is 9.59 Å². The number of nitrogens with two attached hydrogens (primary N) is 1. The van der Waals surface area contributed by atoms with E-state index in [-0.39, 0.29) is 16.4 Å². The topological polar surface area (TPSA) is 84.2 Å². The Bertz CT molecular complexity index is 659. The van der Waals surface area contributed by atoms with E-state index in [1.807, 2.05) is 0 Å². The number of hydrogen-bond donors (Lipinski definition) is 3. The summed E-state index contributed by atoms with van der Waals surface area (Å²) in [6.45, 7) is 8.12. The third-order valence-corrected chi connectivity index (χ3v) is 5.63. The van der Waals surface area contributed by atoms with Crippen LogP contribution in [0, 0.1) is 11.3 Å². The molecule has 0 radical (unpaired) electrons. The van der Waals surface area contributed by atoms with Crippen LogP contribution in [0.4, 0.5) is 5.00 Å². The minimum atomic E-state index is -0.454. The average Bonchev–Trinajstić information content (AvgIpc) is 2.72. The standard InChI is InChI=1S/C16H23N3O2S2/c1-8(20)18-15(22)19-14-12(13(17)21)10-6-5-9(16(2,3)4)7-11(10)23-14/h9H,5-7H2,1-4H3,(H2,17,21)(H2,18,19,20,22)/t9-/m0/s1. The molecule has 5 nitrogen and oxygen atoms in total. The Hall–Kier alpha value is -1.47. The lowest BCUT2D eigenvalue weighted by Crippen LogP contribution is -2.32. The van der Waals surface area contributed by atoms with Crippen molar-refractivity contribution in [2.75, 3.05) is 5.32 Å². The average molecular weight is 354 g/mol. The summed E-state index contributed by atoms with van der Waals surface area (Å²) in [7, 11) is 0. The smallest absolute Gasteiger partial charge is 0.251 e. The molecule has 1 aromatic rings. The minimum Gasteiger partial charge on any atom is -0.365 e. The van der Waals surface area contributed by atoms with Gasteiger partial charge in [0.1, 0.15) is 5.00 Å². The lowest BCUT2D eigenvalue weighted by Gasteiger charge is -2.33.